The molecule has 0 aliphatic carbocycles. The quantitative estimate of drug-likeness (QED) is 0.0261. The highest BCUT2D eigenvalue weighted by Crippen LogP contribution is 2.14. The van der Waals surface area contributed by atoms with E-state index in [1.54, 1.807) is 6.08 Å². The molecule has 0 bridgehead atoms. The van der Waals surface area contributed by atoms with Crippen LogP contribution in [0.3, 0.4) is 0 Å². The van der Waals surface area contributed by atoms with Gasteiger partial charge in [0.2, 0.25) is 0 Å². The van der Waals surface area contributed by atoms with Crippen LogP contribution in [0.25, 0.3) is 0 Å². The SMILES string of the molecule is CC/C=C\C/C=C\C/C=C\C/C=C\C/C=C\C/C=C\CCCCCCC(=O)OCC(COC(=O)C/C=C\C/C=C\C/C=C\C/C=C\C/C=C\CC)OC(=O)CCCCCCCCCCCC/C=C\C/C=C\C/C=C\C/C=C\CC. The molecular formula is C73H112O6. The van der Waals surface area contributed by atoms with Gasteiger partial charge in [-0.25, -0.2) is 0 Å². The summed E-state index contributed by atoms with van der Waals surface area (Å²) in [6, 6.07) is 0. The smallest absolute Gasteiger partial charge is 0.309 e. The average Bonchev–Trinajstić information content (AvgIpc) is 3.45. The summed E-state index contributed by atoms with van der Waals surface area (Å²) in [6.45, 7) is 6.17. The number of carbonyl (C=O) groups is 3. The highest BCUT2D eigenvalue weighted by molar-refractivity contribution is 5.72. The summed E-state index contributed by atoms with van der Waals surface area (Å²) >= 11 is 0. The molecule has 0 fully saturated rings. The molecular weight excluding hydrogens is 973 g/mol. The van der Waals surface area contributed by atoms with Crippen LogP contribution >= 0.6 is 0 Å². The van der Waals surface area contributed by atoms with Crippen LogP contribution in [-0.2, 0) is 28.6 Å². The van der Waals surface area contributed by atoms with Crippen molar-refractivity contribution in [2.24, 2.45) is 0 Å². The molecule has 0 aromatic rings. The Morgan fingerprint density at radius 1 is 0.266 bits per heavy atom. The summed E-state index contributed by atoms with van der Waals surface area (Å²) in [6.07, 6.45) is 97.7. The maximum Gasteiger partial charge on any atom is 0.309 e. The van der Waals surface area contributed by atoms with Crippen LogP contribution in [0.4, 0.5) is 0 Å². The molecule has 0 aromatic carbocycles. The Kier molecular flexibility index (Phi) is 60.5. The highest BCUT2D eigenvalue weighted by Gasteiger charge is 2.19. The first kappa shape index (κ1) is 73.5. The van der Waals surface area contributed by atoms with E-state index in [0.717, 1.165) is 154 Å². The number of hydrogen-bond acceptors (Lipinski definition) is 6. The third kappa shape index (κ3) is 63.2. The number of ether oxygens (including phenoxy) is 3. The molecule has 6 nitrogen and oxygen atoms in total. The van der Waals surface area contributed by atoms with Crippen molar-refractivity contribution >= 4 is 17.9 Å². The van der Waals surface area contributed by atoms with Crippen molar-refractivity contribution in [2.45, 2.75) is 245 Å². The van der Waals surface area contributed by atoms with Crippen LogP contribution in [0.2, 0.25) is 0 Å². The largest absolute Gasteiger partial charge is 0.462 e. The summed E-state index contributed by atoms with van der Waals surface area (Å²) < 4.78 is 16.8. The van der Waals surface area contributed by atoms with Crippen LogP contribution in [0.15, 0.2) is 182 Å². The van der Waals surface area contributed by atoms with Gasteiger partial charge in [-0.15, -0.1) is 0 Å². The predicted octanol–water partition coefficient (Wildman–Crippen LogP) is 21.7. The number of unbranched alkanes of at least 4 members (excludes halogenated alkanes) is 14. The molecule has 6 heteroatoms. The fraction of sp³-hybridized carbons (Fsp3) is 0.548. The van der Waals surface area contributed by atoms with Crippen molar-refractivity contribution in [3.8, 4) is 0 Å². The Bertz CT molecular complexity index is 1870. The molecule has 0 saturated heterocycles. The molecule has 0 saturated carbocycles. The van der Waals surface area contributed by atoms with Crippen LogP contribution in [0.5, 0.6) is 0 Å². The van der Waals surface area contributed by atoms with E-state index in [1.807, 2.05) is 6.08 Å². The van der Waals surface area contributed by atoms with E-state index in [1.165, 1.54) is 44.9 Å². The van der Waals surface area contributed by atoms with Crippen LogP contribution < -0.4 is 0 Å². The van der Waals surface area contributed by atoms with Gasteiger partial charge in [0.1, 0.15) is 13.2 Å². The highest BCUT2D eigenvalue weighted by atomic mass is 16.6. The monoisotopic (exact) mass is 1080 g/mol. The predicted molar refractivity (Wildman–Crippen MR) is 343 cm³/mol. The minimum absolute atomic E-state index is 0.112. The molecule has 0 aliphatic heterocycles. The lowest BCUT2D eigenvalue weighted by atomic mass is 10.0. The first-order valence-corrected chi connectivity index (χ1v) is 31.3. The zero-order chi connectivity index (χ0) is 57.1. The van der Waals surface area contributed by atoms with Gasteiger partial charge in [0.15, 0.2) is 6.10 Å². The number of carbonyl (C=O) groups excluding carboxylic acids is 3. The Labute approximate surface area is 484 Å². The van der Waals surface area contributed by atoms with Gasteiger partial charge in [-0.1, -0.05) is 267 Å². The Morgan fingerprint density at radius 2 is 0.506 bits per heavy atom. The molecule has 0 radical (unpaired) electrons. The zero-order valence-electron chi connectivity index (χ0n) is 50.3. The minimum Gasteiger partial charge on any atom is -0.462 e. The lowest BCUT2D eigenvalue weighted by Crippen LogP contribution is -2.30. The second-order valence-electron chi connectivity index (χ2n) is 19.8. The van der Waals surface area contributed by atoms with Gasteiger partial charge in [0, 0.05) is 12.8 Å². The normalized spacial score (nSPS) is 13.4. The minimum atomic E-state index is -0.843. The molecule has 0 rings (SSSR count). The molecule has 0 heterocycles. The molecule has 79 heavy (non-hydrogen) atoms. The maximum absolute atomic E-state index is 12.9. The van der Waals surface area contributed by atoms with Gasteiger partial charge in [-0.05, 0) is 135 Å². The Balaban J connectivity index is 4.54. The lowest BCUT2D eigenvalue weighted by Gasteiger charge is -2.18. The van der Waals surface area contributed by atoms with Gasteiger partial charge in [0.05, 0.1) is 6.42 Å². The fourth-order valence-corrected chi connectivity index (χ4v) is 7.86. The first-order valence-electron chi connectivity index (χ1n) is 31.3. The summed E-state index contributed by atoms with van der Waals surface area (Å²) in [5.74, 6) is -1.10. The number of esters is 3. The van der Waals surface area contributed by atoms with E-state index in [0.29, 0.717) is 6.42 Å². The Hall–Kier alpha value is -5.49. The van der Waals surface area contributed by atoms with Gasteiger partial charge in [-0.3, -0.25) is 14.4 Å². The zero-order valence-corrected chi connectivity index (χ0v) is 50.3. The van der Waals surface area contributed by atoms with E-state index in [4.69, 9.17) is 14.2 Å². The van der Waals surface area contributed by atoms with Crippen molar-refractivity contribution in [1.29, 1.82) is 0 Å². The average molecular weight is 1090 g/mol. The molecule has 0 spiro atoms. The van der Waals surface area contributed by atoms with Crippen LogP contribution in [0, 0.1) is 0 Å². The molecule has 1 unspecified atom stereocenters. The second kappa shape index (κ2) is 65.0. The van der Waals surface area contributed by atoms with E-state index in [-0.39, 0.29) is 38.0 Å². The van der Waals surface area contributed by atoms with Crippen molar-refractivity contribution in [3.05, 3.63) is 182 Å². The van der Waals surface area contributed by atoms with Crippen molar-refractivity contribution in [1.82, 2.24) is 0 Å². The molecule has 0 N–H and O–H groups in total. The van der Waals surface area contributed by atoms with Gasteiger partial charge in [-0.2, -0.15) is 0 Å². The van der Waals surface area contributed by atoms with Crippen LogP contribution in [-0.4, -0.2) is 37.2 Å². The summed E-state index contributed by atoms with van der Waals surface area (Å²) in [4.78, 5) is 38.3. The molecule has 0 amide bonds. The number of allylic oxidation sites excluding steroid dienone is 29. The maximum atomic E-state index is 12.9. The fourth-order valence-electron chi connectivity index (χ4n) is 7.86. The third-order valence-electron chi connectivity index (χ3n) is 12.4. The van der Waals surface area contributed by atoms with E-state index in [2.05, 4.69) is 191 Å². The van der Waals surface area contributed by atoms with Gasteiger partial charge in [0.25, 0.3) is 0 Å². The number of hydrogen-bond donors (Lipinski definition) is 0. The Morgan fingerprint density at radius 3 is 0.823 bits per heavy atom. The van der Waals surface area contributed by atoms with Crippen molar-refractivity contribution < 1.29 is 28.6 Å². The summed E-state index contributed by atoms with van der Waals surface area (Å²) in [7, 11) is 0. The van der Waals surface area contributed by atoms with E-state index < -0.39 is 12.1 Å². The van der Waals surface area contributed by atoms with Gasteiger partial charge < -0.3 is 14.2 Å². The van der Waals surface area contributed by atoms with E-state index >= 15 is 0 Å². The number of rotatable bonds is 54. The van der Waals surface area contributed by atoms with Gasteiger partial charge >= 0.3 is 17.9 Å². The van der Waals surface area contributed by atoms with Crippen LogP contribution in [0.1, 0.15) is 239 Å². The molecule has 1 atom stereocenters. The molecule has 0 aromatic heterocycles. The second-order valence-corrected chi connectivity index (χ2v) is 19.8. The topological polar surface area (TPSA) is 78.9 Å². The van der Waals surface area contributed by atoms with Crippen molar-refractivity contribution in [2.75, 3.05) is 13.2 Å². The molecule has 440 valence electrons. The summed E-state index contributed by atoms with van der Waals surface area (Å²) in [5.41, 5.74) is 0. The standard InChI is InChI=1S/C73H112O6/c1-4-7-10-13-16-19-22-25-28-30-32-34-36-38-40-42-45-48-51-54-57-60-63-66-72(75)78-69-70(68-77-71(74)65-62-59-56-53-50-47-44-27-24-21-18-15-12-9-6-3)79-73(76)67-64-61-58-55-52-49-46-43-41-39-37-35-33-31-29-26-23-20-17-14-11-8-5-2/h7-12,16-21,25-29,32-35,38,40,44-45,48,50,53,59,62,70H,4-6,13-15,22-24,30-31,36-37,39,41-43,46-47,49,51-52,54-58,60-61,63-69H2,1-3H3/b10-7-,11-8-,12-9-,19-16-,20-17-,21-18-,28-25-,29-26-,34-32-,35-33-,40-38-,44-27-,48-45-,53-50-,62-59-. The lowest BCUT2D eigenvalue weighted by molar-refractivity contribution is -0.166. The summed E-state index contributed by atoms with van der Waals surface area (Å²) in [5, 5.41) is 0. The third-order valence-corrected chi connectivity index (χ3v) is 12.4. The van der Waals surface area contributed by atoms with Crippen molar-refractivity contribution in [3.63, 3.8) is 0 Å². The first-order chi connectivity index (χ1) is 39.0. The van der Waals surface area contributed by atoms with E-state index in [9.17, 15) is 14.4 Å². The molecule has 0 aliphatic rings.